The van der Waals surface area contributed by atoms with Crippen LogP contribution in [-0.4, -0.2) is 70.3 Å². The van der Waals surface area contributed by atoms with Crippen molar-refractivity contribution < 1.29 is 19.8 Å². The van der Waals surface area contributed by atoms with Crippen LogP contribution in [0, 0.1) is 11.8 Å². The molecule has 7 nitrogen and oxygen atoms in total. The van der Waals surface area contributed by atoms with E-state index in [1.165, 1.54) is 75.9 Å². The first kappa shape index (κ1) is 30.1. The highest BCUT2D eigenvalue weighted by Crippen LogP contribution is 2.20. The number of benzene rings is 1. The van der Waals surface area contributed by atoms with Crippen LogP contribution in [0.25, 0.3) is 0 Å². The van der Waals surface area contributed by atoms with Gasteiger partial charge in [-0.1, -0.05) is 53.4 Å². The number of nitrogens with zero attached hydrogens (tertiary/aromatic N) is 2. The highest BCUT2D eigenvalue weighted by Gasteiger charge is 2.32. The van der Waals surface area contributed by atoms with Crippen LogP contribution in [0.5, 0.6) is 0 Å². The third-order valence-corrected chi connectivity index (χ3v) is 6.19. The molecule has 2 rings (SSSR count). The fraction of sp³-hybridized carbons (Fsp3) is 0.704. The van der Waals surface area contributed by atoms with Gasteiger partial charge >= 0.3 is 11.9 Å². The van der Waals surface area contributed by atoms with E-state index in [1.54, 1.807) is 0 Å². The van der Waals surface area contributed by atoms with E-state index in [4.69, 9.17) is 15.9 Å². The summed E-state index contributed by atoms with van der Waals surface area (Å²) in [6.45, 7) is 17.2. The van der Waals surface area contributed by atoms with Crippen molar-refractivity contribution in [1.82, 2.24) is 9.80 Å². The molecule has 1 aromatic carbocycles. The second-order valence-electron chi connectivity index (χ2n) is 10.5. The Hall–Kier alpha value is -1.96. The van der Waals surface area contributed by atoms with Crippen LogP contribution < -0.4 is 5.73 Å². The molecule has 1 fully saturated rings. The van der Waals surface area contributed by atoms with Gasteiger partial charge < -0.3 is 15.9 Å². The lowest BCUT2D eigenvalue weighted by Crippen LogP contribution is -2.63. The molecule has 2 unspecified atom stereocenters. The maximum atomic E-state index is 10.3. The Morgan fingerprint density at radius 1 is 0.882 bits per heavy atom. The summed E-state index contributed by atoms with van der Waals surface area (Å²) < 4.78 is 0. The Balaban J connectivity index is 0.000000404. The average Bonchev–Trinajstić information content (AvgIpc) is 2.75. The first-order chi connectivity index (χ1) is 16.0. The molecule has 0 aromatic heterocycles. The molecule has 194 valence electrons. The van der Waals surface area contributed by atoms with Crippen LogP contribution in [0.3, 0.4) is 0 Å². The predicted molar refractivity (Wildman–Crippen MR) is 138 cm³/mol. The quantitative estimate of drug-likeness (QED) is 0.388. The van der Waals surface area contributed by atoms with Gasteiger partial charge in [-0.05, 0) is 55.9 Å². The normalized spacial score (nSPS) is 20.8. The SMILES string of the molecule is CCCCC(C)CN1CN(CC(C)CCCC)CC(C)(N)C1.O=C(O)c1ccc(C(=O)O)cc1. The number of rotatable bonds is 12. The van der Waals surface area contributed by atoms with E-state index in [0.29, 0.717) is 0 Å². The molecule has 0 bridgehead atoms. The fourth-order valence-corrected chi connectivity index (χ4v) is 4.62. The maximum Gasteiger partial charge on any atom is 0.335 e. The highest BCUT2D eigenvalue weighted by molar-refractivity contribution is 5.91. The van der Waals surface area contributed by atoms with Gasteiger partial charge in [-0.2, -0.15) is 0 Å². The highest BCUT2D eigenvalue weighted by atomic mass is 16.4. The largest absolute Gasteiger partial charge is 0.478 e. The molecule has 0 saturated carbocycles. The van der Waals surface area contributed by atoms with Crippen molar-refractivity contribution >= 4 is 11.9 Å². The minimum atomic E-state index is -1.06. The standard InChI is InChI=1S/C19H41N3.C8H6O4/c1-6-8-10-17(3)12-21-14-19(5,20)15-22(16-21)13-18(4)11-9-7-2;9-7(10)5-1-2-6(4-3-5)8(11)12/h17-18H,6-16,20H2,1-5H3;1-4H,(H,9,10)(H,11,12). The van der Waals surface area contributed by atoms with E-state index in [-0.39, 0.29) is 16.7 Å². The molecule has 0 spiro atoms. The number of unbranched alkanes of at least 4 members (excludes halogenated alkanes) is 2. The zero-order chi connectivity index (χ0) is 25.7. The lowest BCUT2D eigenvalue weighted by molar-refractivity contribution is 0.0219. The van der Waals surface area contributed by atoms with Gasteiger partial charge in [0, 0.05) is 31.7 Å². The van der Waals surface area contributed by atoms with Gasteiger partial charge in [0.05, 0.1) is 17.8 Å². The summed E-state index contributed by atoms with van der Waals surface area (Å²) in [7, 11) is 0. The van der Waals surface area contributed by atoms with Crippen LogP contribution in [0.2, 0.25) is 0 Å². The molecule has 2 atom stereocenters. The van der Waals surface area contributed by atoms with Gasteiger partial charge in [0.25, 0.3) is 0 Å². The van der Waals surface area contributed by atoms with Crippen molar-refractivity contribution in [2.45, 2.75) is 78.7 Å². The van der Waals surface area contributed by atoms with Crippen LogP contribution in [-0.2, 0) is 0 Å². The van der Waals surface area contributed by atoms with Crippen LogP contribution in [0.4, 0.5) is 0 Å². The van der Waals surface area contributed by atoms with Crippen molar-refractivity contribution in [3.8, 4) is 0 Å². The van der Waals surface area contributed by atoms with Gasteiger partial charge in [-0.15, -0.1) is 0 Å². The Labute approximate surface area is 206 Å². The fourth-order valence-electron chi connectivity index (χ4n) is 4.62. The second-order valence-corrected chi connectivity index (χ2v) is 10.5. The summed E-state index contributed by atoms with van der Waals surface area (Å²) in [4.78, 5) is 25.9. The van der Waals surface area contributed by atoms with E-state index in [2.05, 4.69) is 44.4 Å². The van der Waals surface area contributed by atoms with Gasteiger partial charge in [-0.3, -0.25) is 9.80 Å². The molecule has 34 heavy (non-hydrogen) atoms. The zero-order valence-electron chi connectivity index (χ0n) is 21.9. The van der Waals surface area contributed by atoms with Gasteiger partial charge in [-0.25, -0.2) is 9.59 Å². The van der Waals surface area contributed by atoms with Crippen molar-refractivity contribution in [3.63, 3.8) is 0 Å². The van der Waals surface area contributed by atoms with Gasteiger partial charge in [0.1, 0.15) is 0 Å². The molecule has 1 aromatic rings. The van der Waals surface area contributed by atoms with E-state index < -0.39 is 11.9 Å². The van der Waals surface area contributed by atoms with Crippen molar-refractivity contribution in [2.24, 2.45) is 17.6 Å². The summed E-state index contributed by atoms with van der Waals surface area (Å²) in [5.41, 5.74) is 6.63. The summed E-state index contributed by atoms with van der Waals surface area (Å²) in [6, 6.07) is 5.02. The summed E-state index contributed by atoms with van der Waals surface area (Å²) in [5, 5.41) is 16.9. The van der Waals surface area contributed by atoms with Gasteiger partial charge in [0.2, 0.25) is 0 Å². The number of carboxylic acids is 2. The Kier molecular flexibility index (Phi) is 13.4. The summed E-state index contributed by atoms with van der Waals surface area (Å²) >= 11 is 0. The molecular formula is C27H47N3O4. The first-order valence-electron chi connectivity index (χ1n) is 12.8. The molecule has 1 aliphatic rings. The molecule has 0 aliphatic carbocycles. The number of hydrogen-bond donors (Lipinski definition) is 3. The van der Waals surface area contributed by atoms with Gasteiger partial charge in [0.15, 0.2) is 0 Å². The molecule has 0 radical (unpaired) electrons. The van der Waals surface area contributed by atoms with Crippen molar-refractivity contribution in [1.29, 1.82) is 0 Å². The maximum absolute atomic E-state index is 10.3. The van der Waals surface area contributed by atoms with Crippen LogP contribution >= 0.6 is 0 Å². The number of aromatic carboxylic acids is 2. The predicted octanol–water partition coefficient (Wildman–Crippen LogP) is 5.01. The molecule has 7 heteroatoms. The van der Waals surface area contributed by atoms with E-state index in [1.807, 2.05) is 0 Å². The van der Waals surface area contributed by atoms with E-state index in [0.717, 1.165) is 31.6 Å². The third-order valence-electron chi connectivity index (χ3n) is 6.19. The van der Waals surface area contributed by atoms with Crippen molar-refractivity contribution in [2.75, 3.05) is 32.8 Å². The van der Waals surface area contributed by atoms with Crippen LogP contribution in [0.15, 0.2) is 24.3 Å². The van der Waals surface area contributed by atoms with E-state index >= 15 is 0 Å². The minimum absolute atomic E-state index is 0.0623. The summed E-state index contributed by atoms with van der Waals surface area (Å²) in [5.74, 6) is -0.555. The van der Waals surface area contributed by atoms with Crippen molar-refractivity contribution in [3.05, 3.63) is 35.4 Å². The van der Waals surface area contributed by atoms with E-state index in [9.17, 15) is 9.59 Å². The number of carbonyl (C=O) groups is 2. The first-order valence-corrected chi connectivity index (χ1v) is 12.8. The smallest absolute Gasteiger partial charge is 0.335 e. The van der Waals surface area contributed by atoms with Crippen LogP contribution in [0.1, 0.15) is 93.9 Å². The molecule has 1 heterocycles. The Bertz CT molecular complexity index is 677. The summed E-state index contributed by atoms with van der Waals surface area (Å²) in [6.07, 6.45) is 8.02. The second kappa shape index (κ2) is 15.1. The molecular weight excluding hydrogens is 430 g/mol. The molecule has 1 aliphatic heterocycles. The Morgan fingerprint density at radius 2 is 1.24 bits per heavy atom. The topological polar surface area (TPSA) is 107 Å². The zero-order valence-corrected chi connectivity index (χ0v) is 21.9. The number of hydrogen-bond acceptors (Lipinski definition) is 5. The molecule has 0 amide bonds. The lowest BCUT2D eigenvalue weighted by Gasteiger charge is -2.46. The average molecular weight is 478 g/mol. The third kappa shape index (κ3) is 12.0. The number of nitrogens with two attached hydrogens (primary N) is 1. The lowest BCUT2D eigenvalue weighted by atomic mass is 9.96. The number of carboxylic acid groups (broad SMARTS) is 2. The Morgan fingerprint density at radius 3 is 1.53 bits per heavy atom. The molecule has 1 saturated heterocycles. The minimum Gasteiger partial charge on any atom is -0.478 e. The monoisotopic (exact) mass is 477 g/mol. The molecule has 4 N–H and O–H groups in total.